The van der Waals surface area contributed by atoms with E-state index in [0.29, 0.717) is 36.6 Å². The van der Waals surface area contributed by atoms with Crippen LogP contribution in [0.25, 0.3) is 0 Å². The number of furan rings is 1. The molecule has 24 heavy (non-hydrogen) atoms. The summed E-state index contributed by atoms with van der Waals surface area (Å²) < 4.78 is 11.0. The van der Waals surface area contributed by atoms with Crippen LogP contribution >= 0.6 is 0 Å². The van der Waals surface area contributed by atoms with Crippen LogP contribution in [0.1, 0.15) is 49.4 Å². The number of hydrogen-bond acceptors (Lipinski definition) is 5. The monoisotopic (exact) mass is 329 g/mol. The predicted octanol–water partition coefficient (Wildman–Crippen LogP) is 3.30. The van der Waals surface area contributed by atoms with E-state index in [-0.39, 0.29) is 5.91 Å². The second kappa shape index (κ2) is 6.09. The molecule has 0 unspecified atom stereocenters. The van der Waals surface area contributed by atoms with Crippen molar-refractivity contribution in [3.8, 4) is 0 Å². The molecule has 2 aliphatic carbocycles. The molecule has 2 aromatic rings. The first-order valence-corrected chi connectivity index (χ1v) is 8.64. The summed E-state index contributed by atoms with van der Waals surface area (Å²) in [6.45, 7) is 5.07. The SMILES string of the molecule is Cc1cc(NC(=O)CN(Cc2ccc([C@H]3C[C@H]3C)o2)C2CC2)no1. The van der Waals surface area contributed by atoms with Crippen molar-refractivity contribution >= 4 is 11.7 Å². The molecule has 2 aromatic heterocycles. The molecule has 2 aliphatic rings. The summed E-state index contributed by atoms with van der Waals surface area (Å²) in [6.07, 6.45) is 3.51. The molecule has 2 heterocycles. The number of carbonyl (C=O) groups excluding carboxylic acids is 1. The number of hydrogen-bond donors (Lipinski definition) is 1. The van der Waals surface area contributed by atoms with Crippen LogP contribution in [0.3, 0.4) is 0 Å². The Morgan fingerprint density at radius 1 is 1.42 bits per heavy atom. The van der Waals surface area contributed by atoms with Gasteiger partial charge in [0.15, 0.2) is 5.82 Å². The van der Waals surface area contributed by atoms with E-state index in [1.54, 1.807) is 13.0 Å². The van der Waals surface area contributed by atoms with Gasteiger partial charge in [0, 0.05) is 18.0 Å². The second-order valence-electron chi connectivity index (χ2n) is 7.13. The molecule has 2 fully saturated rings. The van der Waals surface area contributed by atoms with Gasteiger partial charge < -0.3 is 14.3 Å². The fraction of sp³-hybridized carbons (Fsp3) is 0.556. The first-order chi connectivity index (χ1) is 11.6. The fourth-order valence-corrected chi connectivity index (χ4v) is 3.14. The average molecular weight is 329 g/mol. The molecule has 4 rings (SSSR count). The van der Waals surface area contributed by atoms with Gasteiger partial charge in [-0.3, -0.25) is 9.69 Å². The smallest absolute Gasteiger partial charge is 0.239 e. The molecular weight excluding hydrogens is 306 g/mol. The summed E-state index contributed by atoms with van der Waals surface area (Å²) in [5, 5.41) is 6.59. The molecule has 6 heteroatoms. The zero-order chi connectivity index (χ0) is 16.7. The number of anilines is 1. The minimum absolute atomic E-state index is 0.0715. The number of amides is 1. The molecule has 0 spiro atoms. The van der Waals surface area contributed by atoms with Crippen LogP contribution in [0.5, 0.6) is 0 Å². The Hall–Kier alpha value is -2.08. The van der Waals surface area contributed by atoms with Gasteiger partial charge in [-0.2, -0.15) is 0 Å². The third-order valence-corrected chi connectivity index (χ3v) is 4.82. The van der Waals surface area contributed by atoms with Crippen molar-refractivity contribution in [3.63, 3.8) is 0 Å². The van der Waals surface area contributed by atoms with E-state index in [9.17, 15) is 4.79 Å². The van der Waals surface area contributed by atoms with Gasteiger partial charge in [-0.25, -0.2) is 0 Å². The zero-order valence-corrected chi connectivity index (χ0v) is 14.1. The standard InChI is InChI=1S/C18H23N3O3/c1-11-7-15(11)16-6-5-14(23-16)9-21(13-3-4-13)10-18(22)19-17-8-12(2)24-20-17/h5-6,8,11,13,15H,3-4,7,9-10H2,1-2H3,(H,19,20,22)/t11-,15+/m1/s1. The van der Waals surface area contributed by atoms with E-state index in [4.69, 9.17) is 8.94 Å². The molecule has 1 N–H and O–H groups in total. The van der Waals surface area contributed by atoms with Gasteiger partial charge in [-0.05, 0) is 44.2 Å². The van der Waals surface area contributed by atoms with Gasteiger partial charge >= 0.3 is 0 Å². The van der Waals surface area contributed by atoms with Crippen LogP contribution in [-0.2, 0) is 11.3 Å². The number of nitrogens with one attached hydrogen (secondary N) is 1. The highest BCUT2D eigenvalue weighted by atomic mass is 16.5. The lowest BCUT2D eigenvalue weighted by atomic mass is 10.3. The van der Waals surface area contributed by atoms with Crippen LogP contribution in [0, 0.1) is 12.8 Å². The largest absolute Gasteiger partial charge is 0.464 e. The summed E-state index contributed by atoms with van der Waals surface area (Å²) in [7, 11) is 0. The zero-order valence-electron chi connectivity index (χ0n) is 14.1. The highest BCUT2D eigenvalue weighted by Gasteiger charge is 2.37. The molecule has 2 atom stereocenters. The minimum Gasteiger partial charge on any atom is -0.464 e. The van der Waals surface area contributed by atoms with Crippen LogP contribution in [0.4, 0.5) is 5.82 Å². The van der Waals surface area contributed by atoms with Crippen molar-refractivity contribution in [2.24, 2.45) is 5.92 Å². The van der Waals surface area contributed by atoms with Gasteiger partial charge in [0.25, 0.3) is 0 Å². The van der Waals surface area contributed by atoms with Crippen LogP contribution in [-0.4, -0.2) is 28.6 Å². The van der Waals surface area contributed by atoms with Crippen molar-refractivity contribution in [3.05, 3.63) is 35.5 Å². The molecule has 2 saturated carbocycles. The van der Waals surface area contributed by atoms with Crippen LogP contribution in [0.15, 0.2) is 27.1 Å². The Labute approximate surface area is 141 Å². The topological polar surface area (TPSA) is 71.5 Å². The Bertz CT molecular complexity index is 731. The van der Waals surface area contributed by atoms with E-state index in [1.165, 1.54) is 6.42 Å². The quantitative estimate of drug-likeness (QED) is 0.844. The maximum absolute atomic E-state index is 12.3. The molecule has 0 radical (unpaired) electrons. The Balaban J connectivity index is 1.35. The lowest BCUT2D eigenvalue weighted by Gasteiger charge is -2.19. The van der Waals surface area contributed by atoms with Gasteiger partial charge in [-0.1, -0.05) is 12.1 Å². The molecule has 128 valence electrons. The van der Waals surface area contributed by atoms with Crippen molar-refractivity contribution in [2.45, 2.75) is 51.6 Å². The van der Waals surface area contributed by atoms with Gasteiger partial charge in [0.05, 0.1) is 13.1 Å². The van der Waals surface area contributed by atoms with Crippen LogP contribution in [0.2, 0.25) is 0 Å². The average Bonchev–Trinajstić information content (AvgIpc) is 3.42. The maximum atomic E-state index is 12.3. The van der Waals surface area contributed by atoms with E-state index in [1.807, 2.05) is 0 Å². The third-order valence-electron chi connectivity index (χ3n) is 4.82. The van der Waals surface area contributed by atoms with Gasteiger partial charge in [0.2, 0.25) is 5.91 Å². The molecule has 1 amide bonds. The summed E-state index contributed by atoms with van der Waals surface area (Å²) in [5.74, 6) is 4.44. The third kappa shape index (κ3) is 3.53. The molecule has 0 bridgehead atoms. The highest BCUT2D eigenvalue weighted by molar-refractivity contribution is 5.91. The normalized spacial score (nSPS) is 22.8. The predicted molar refractivity (Wildman–Crippen MR) is 88.5 cm³/mol. The number of carbonyl (C=O) groups is 1. The maximum Gasteiger partial charge on any atom is 0.239 e. The van der Waals surface area contributed by atoms with Crippen molar-refractivity contribution in [1.82, 2.24) is 10.1 Å². The first kappa shape index (κ1) is 15.4. The molecule has 6 nitrogen and oxygen atoms in total. The summed E-state index contributed by atoms with van der Waals surface area (Å²) in [5.41, 5.74) is 0. The fourth-order valence-electron chi connectivity index (χ4n) is 3.14. The molecule has 0 aromatic carbocycles. The second-order valence-corrected chi connectivity index (χ2v) is 7.13. The number of rotatable bonds is 7. The number of aryl methyl sites for hydroxylation is 1. The van der Waals surface area contributed by atoms with E-state index in [2.05, 4.69) is 34.4 Å². The van der Waals surface area contributed by atoms with Crippen molar-refractivity contribution < 1.29 is 13.7 Å². The molecule has 0 saturated heterocycles. The van der Waals surface area contributed by atoms with Crippen LogP contribution < -0.4 is 5.32 Å². The summed E-state index contributed by atoms with van der Waals surface area (Å²) in [6, 6.07) is 6.33. The molecule has 0 aliphatic heterocycles. The first-order valence-electron chi connectivity index (χ1n) is 8.64. The van der Waals surface area contributed by atoms with Crippen molar-refractivity contribution in [2.75, 3.05) is 11.9 Å². The Morgan fingerprint density at radius 2 is 2.21 bits per heavy atom. The number of nitrogens with zero attached hydrogens (tertiary/aromatic N) is 2. The number of aromatic nitrogens is 1. The lowest BCUT2D eigenvalue weighted by Crippen LogP contribution is -2.34. The highest BCUT2D eigenvalue weighted by Crippen LogP contribution is 2.47. The summed E-state index contributed by atoms with van der Waals surface area (Å²) >= 11 is 0. The van der Waals surface area contributed by atoms with Gasteiger partial charge in [0.1, 0.15) is 17.3 Å². The Morgan fingerprint density at radius 3 is 2.83 bits per heavy atom. The Kier molecular flexibility index (Phi) is 3.92. The summed E-state index contributed by atoms with van der Waals surface area (Å²) in [4.78, 5) is 14.4. The van der Waals surface area contributed by atoms with E-state index in [0.717, 1.165) is 30.3 Å². The van der Waals surface area contributed by atoms with E-state index >= 15 is 0 Å². The molecular formula is C18H23N3O3. The lowest BCUT2D eigenvalue weighted by molar-refractivity contribution is -0.117. The minimum atomic E-state index is -0.0715. The van der Waals surface area contributed by atoms with Gasteiger partial charge in [-0.15, -0.1) is 0 Å². The van der Waals surface area contributed by atoms with E-state index < -0.39 is 0 Å². The van der Waals surface area contributed by atoms with Crippen molar-refractivity contribution in [1.29, 1.82) is 0 Å².